The summed E-state index contributed by atoms with van der Waals surface area (Å²) in [5.41, 5.74) is 2.64. The topological polar surface area (TPSA) is 25.2 Å². The van der Waals surface area contributed by atoms with E-state index >= 15 is 0 Å². The van der Waals surface area contributed by atoms with Gasteiger partial charge in [0.25, 0.3) is 0 Å². The molecule has 0 saturated heterocycles. The molecule has 1 atom stereocenters. The molecule has 0 bridgehead atoms. The molecular weight excluding hydrogens is 230 g/mol. The number of thiophene rings is 1. The van der Waals surface area contributed by atoms with Crippen molar-refractivity contribution in [3.8, 4) is 0 Å². The number of rotatable bonds is 5. The third-order valence-electron chi connectivity index (χ3n) is 3.00. The Bertz CT molecular complexity index is 439. The zero-order valence-corrected chi connectivity index (χ0v) is 11.4. The van der Waals surface area contributed by atoms with Gasteiger partial charge in [0.2, 0.25) is 0 Å². The second kappa shape index (κ2) is 5.52. The highest BCUT2D eigenvalue weighted by Crippen LogP contribution is 2.28. The van der Waals surface area contributed by atoms with Crippen LogP contribution < -0.4 is 5.32 Å². The maximum Gasteiger partial charge on any atom is 0.0935 e. The smallest absolute Gasteiger partial charge is 0.0935 e. The summed E-state index contributed by atoms with van der Waals surface area (Å²) in [5.74, 6) is 0. The van der Waals surface area contributed by atoms with Crippen molar-refractivity contribution >= 4 is 11.3 Å². The Labute approximate surface area is 107 Å². The Morgan fingerprint density at radius 3 is 2.76 bits per heavy atom. The molecule has 2 aromatic rings. The summed E-state index contributed by atoms with van der Waals surface area (Å²) in [6, 6.07) is 4.74. The van der Waals surface area contributed by atoms with Gasteiger partial charge < -0.3 is 9.73 Å². The van der Waals surface area contributed by atoms with Crippen LogP contribution in [0.25, 0.3) is 0 Å². The van der Waals surface area contributed by atoms with Gasteiger partial charge in [0.15, 0.2) is 0 Å². The van der Waals surface area contributed by atoms with Gasteiger partial charge in [-0.15, -0.1) is 11.3 Å². The number of furan rings is 1. The summed E-state index contributed by atoms with van der Waals surface area (Å²) in [7, 11) is 0. The van der Waals surface area contributed by atoms with E-state index in [-0.39, 0.29) is 0 Å². The summed E-state index contributed by atoms with van der Waals surface area (Å²) < 4.78 is 5.13. The Morgan fingerprint density at radius 1 is 1.41 bits per heavy atom. The van der Waals surface area contributed by atoms with Crippen molar-refractivity contribution in [2.45, 2.75) is 33.2 Å². The van der Waals surface area contributed by atoms with Crippen LogP contribution in [0.4, 0.5) is 0 Å². The fourth-order valence-corrected chi connectivity index (χ4v) is 3.06. The van der Waals surface area contributed by atoms with E-state index in [1.807, 2.05) is 23.7 Å². The van der Waals surface area contributed by atoms with E-state index in [1.165, 1.54) is 20.9 Å². The van der Waals surface area contributed by atoms with Gasteiger partial charge >= 0.3 is 0 Å². The predicted molar refractivity (Wildman–Crippen MR) is 72.6 cm³/mol. The van der Waals surface area contributed by atoms with Crippen molar-refractivity contribution in [3.05, 3.63) is 45.5 Å². The number of aryl methyl sites for hydroxylation is 2. The van der Waals surface area contributed by atoms with Crippen LogP contribution in [0.2, 0.25) is 0 Å². The molecule has 0 aliphatic carbocycles. The van der Waals surface area contributed by atoms with Gasteiger partial charge in [0.05, 0.1) is 12.5 Å². The zero-order valence-electron chi connectivity index (χ0n) is 10.6. The lowest BCUT2D eigenvalue weighted by Crippen LogP contribution is -2.21. The number of likely N-dealkylation sites (N-methyl/N-ethyl adjacent to an activating group) is 1. The normalized spacial score (nSPS) is 12.9. The van der Waals surface area contributed by atoms with E-state index in [9.17, 15) is 0 Å². The Morgan fingerprint density at radius 2 is 2.24 bits per heavy atom. The summed E-state index contributed by atoms with van der Waals surface area (Å²) in [4.78, 5) is 2.83. The first-order valence-corrected chi connectivity index (χ1v) is 6.83. The zero-order chi connectivity index (χ0) is 12.3. The SMILES string of the molecule is CCNC(Cc1ccoc1)c1cc(C)c(C)s1. The molecular formula is C14H19NOS. The van der Waals surface area contributed by atoms with Gasteiger partial charge in [0, 0.05) is 15.8 Å². The molecule has 0 aromatic carbocycles. The summed E-state index contributed by atoms with van der Waals surface area (Å²) in [5, 5.41) is 3.55. The lowest BCUT2D eigenvalue weighted by Gasteiger charge is -2.15. The van der Waals surface area contributed by atoms with Crippen molar-refractivity contribution in [1.82, 2.24) is 5.32 Å². The van der Waals surface area contributed by atoms with Crippen molar-refractivity contribution in [3.63, 3.8) is 0 Å². The largest absolute Gasteiger partial charge is 0.472 e. The molecule has 0 spiro atoms. The highest BCUT2D eigenvalue weighted by molar-refractivity contribution is 7.12. The van der Waals surface area contributed by atoms with E-state index in [0.29, 0.717) is 6.04 Å². The Kier molecular flexibility index (Phi) is 4.02. The van der Waals surface area contributed by atoms with Crippen LogP contribution in [0.3, 0.4) is 0 Å². The lowest BCUT2D eigenvalue weighted by atomic mass is 10.1. The minimum absolute atomic E-state index is 0.398. The maximum absolute atomic E-state index is 5.13. The Hall–Kier alpha value is -1.06. The van der Waals surface area contributed by atoms with Crippen molar-refractivity contribution in [2.75, 3.05) is 6.54 Å². The highest BCUT2D eigenvalue weighted by Gasteiger charge is 2.15. The molecule has 92 valence electrons. The monoisotopic (exact) mass is 249 g/mol. The fraction of sp³-hybridized carbons (Fsp3) is 0.429. The third-order valence-corrected chi connectivity index (χ3v) is 4.27. The van der Waals surface area contributed by atoms with Gasteiger partial charge in [-0.2, -0.15) is 0 Å². The average Bonchev–Trinajstić information content (AvgIpc) is 2.90. The van der Waals surface area contributed by atoms with E-state index in [2.05, 4.69) is 32.2 Å². The van der Waals surface area contributed by atoms with Gasteiger partial charge in [-0.05, 0) is 50.1 Å². The van der Waals surface area contributed by atoms with Crippen LogP contribution in [0.5, 0.6) is 0 Å². The minimum atomic E-state index is 0.398. The molecule has 0 radical (unpaired) electrons. The molecule has 0 fully saturated rings. The molecule has 17 heavy (non-hydrogen) atoms. The van der Waals surface area contributed by atoms with Gasteiger partial charge in [-0.3, -0.25) is 0 Å². The van der Waals surface area contributed by atoms with Crippen molar-refractivity contribution in [1.29, 1.82) is 0 Å². The lowest BCUT2D eigenvalue weighted by molar-refractivity contribution is 0.540. The fourth-order valence-electron chi connectivity index (χ4n) is 1.94. The molecule has 0 aliphatic rings. The molecule has 2 nitrogen and oxygen atoms in total. The second-order valence-corrected chi connectivity index (χ2v) is 5.62. The van der Waals surface area contributed by atoms with Gasteiger partial charge in [-0.25, -0.2) is 0 Å². The summed E-state index contributed by atoms with van der Waals surface area (Å²) in [6.07, 6.45) is 4.56. The van der Waals surface area contributed by atoms with E-state index in [4.69, 9.17) is 4.42 Å². The first-order valence-electron chi connectivity index (χ1n) is 6.02. The Balaban J connectivity index is 2.16. The molecule has 0 amide bonds. The first-order chi connectivity index (χ1) is 8.20. The molecule has 0 aliphatic heterocycles. The van der Waals surface area contributed by atoms with E-state index < -0.39 is 0 Å². The molecule has 3 heteroatoms. The number of nitrogens with one attached hydrogen (secondary N) is 1. The van der Waals surface area contributed by atoms with Crippen molar-refractivity contribution in [2.24, 2.45) is 0 Å². The van der Waals surface area contributed by atoms with E-state index in [1.54, 1.807) is 6.26 Å². The first kappa shape index (κ1) is 12.4. The molecule has 0 saturated carbocycles. The molecule has 1 N–H and O–H groups in total. The van der Waals surface area contributed by atoms with Crippen LogP contribution in [0.1, 0.15) is 33.8 Å². The summed E-state index contributed by atoms with van der Waals surface area (Å²) >= 11 is 1.89. The standard InChI is InChI=1S/C14H19NOS/c1-4-15-13(8-12-5-6-16-9-12)14-7-10(2)11(3)17-14/h5-7,9,13,15H,4,8H2,1-3H3. The summed E-state index contributed by atoms with van der Waals surface area (Å²) in [6.45, 7) is 7.49. The molecule has 2 rings (SSSR count). The van der Waals surface area contributed by atoms with Crippen LogP contribution in [-0.2, 0) is 6.42 Å². The average molecular weight is 249 g/mol. The van der Waals surface area contributed by atoms with Crippen LogP contribution in [-0.4, -0.2) is 6.54 Å². The van der Waals surface area contributed by atoms with Gasteiger partial charge in [0.1, 0.15) is 0 Å². The number of hydrogen-bond donors (Lipinski definition) is 1. The van der Waals surface area contributed by atoms with Crippen LogP contribution in [0, 0.1) is 13.8 Å². The maximum atomic E-state index is 5.13. The van der Waals surface area contributed by atoms with Crippen molar-refractivity contribution < 1.29 is 4.42 Å². The molecule has 1 unspecified atom stereocenters. The third kappa shape index (κ3) is 2.99. The van der Waals surface area contributed by atoms with Crippen LogP contribution >= 0.6 is 11.3 Å². The van der Waals surface area contributed by atoms with Crippen LogP contribution in [0.15, 0.2) is 29.1 Å². The van der Waals surface area contributed by atoms with Gasteiger partial charge in [-0.1, -0.05) is 6.92 Å². The minimum Gasteiger partial charge on any atom is -0.472 e. The second-order valence-electron chi connectivity index (χ2n) is 4.33. The highest BCUT2D eigenvalue weighted by atomic mass is 32.1. The van der Waals surface area contributed by atoms with E-state index in [0.717, 1.165) is 13.0 Å². The molecule has 2 aromatic heterocycles. The molecule has 2 heterocycles. The predicted octanol–water partition coefficient (Wildman–Crippen LogP) is 3.85. The number of hydrogen-bond acceptors (Lipinski definition) is 3. The quantitative estimate of drug-likeness (QED) is 0.870.